The fraction of sp³-hybridized carbons (Fsp3) is 0.533. The predicted octanol–water partition coefficient (Wildman–Crippen LogP) is 2.93. The predicted molar refractivity (Wildman–Crippen MR) is 83.3 cm³/mol. The molecule has 0 bridgehead atoms. The lowest BCUT2D eigenvalue weighted by Gasteiger charge is -2.23. The molecule has 1 aromatic rings. The van der Waals surface area contributed by atoms with Crippen molar-refractivity contribution in [3.8, 4) is 0 Å². The van der Waals surface area contributed by atoms with E-state index < -0.39 is 29.4 Å². The molecule has 0 spiro atoms. The number of hydrogen-bond donors (Lipinski definition) is 3. The fourth-order valence-electron chi connectivity index (χ4n) is 2.44. The lowest BCUT2D eigenvalue weighted by molar-refractivity contribution is -0.138. The molecule has 0 aromatic heterocycles. The summed E-state index contributed by atoms with van der Waals surface area (Å²) in [4.78, 5) is 11.9. The Balaban J connectivity index is 1.96. The average molecular weight is 348 g/mol. The molecule has 1 fully saturated rings. The van der Waals surface area contributed by atoms with Crippen LogP contribution >= 0.6 is 11.8 Å². The van der Waals surface area contributed by atoms with E-state index in [1.54, 1.807) is 11.8 Å². The molecule has 4 nitrogen and oxygen atoms in total. The highest BCUT2D eigenvalue weighted by Gasteiger charge is 2.35. The van der Waals surface area contributed by atoms with E-state index in [4.69, 9.17) is 0 Å². The van der Waals surface area contributed by atoms with Crippen LogP contribution in [0.25, 0.3) is 0 Å². The molecule has 128 valence electrons. The number of carbonyl (C=O) groups excluding carboxylic acids is 1. The van der Waals surface area contributed by atoms with Crippen molar-refractivity contribution in [2.45, 2.75) is 31.2 Å². The number of benzene rings is 1. The normalized spacial score (nSPS) is 22.7. The van der Waals surface area contributed by atoms with E-state index in [0.717, 1.165) is 11.8 Å². The highest BCUT2D eigenvalue weighted by molar-refractivity contribution is 7.99. The van der Waals surface area contributed by atoms with E-state index in [1.807, 2.05) is 0 Å². The summed E-state index contributed by atoms with van der Waals surface area (Å²) in [6, 6.07) is 3.74. The summed E-state index contributed by atoms with van der Waals surface area (Å²) in [5, 5.41) is 15.1. The van der Waals surface area contributed by atoms with Gasteiger partial charge in [-0.15, -0.1) is 0 Å². The summed E-state index contributed by atoms with van der Waals surface area (Å²) >= 11 is 1.60. The van der Waals surface area contributed by atoms with Crippen LogP contribution in [0.1, 0.15) is 30.5 Å². The van der Waals surface area contributed by atoms with Crippen LogP contribution in [-0.2, 0) is 6.18 Å². The van der Waals surface area contributed by atoms with Crippen LogP contribution in [0.3, 0.4) is 0 Å². The third-order valence-electron chi connectivity index (χ3n) is 3.74. The van der Waals surface area contributed by atoms with E-state index in [0.29, 0.717) is 12.2 Å². The number of hydrogen-bond acceptors (Lipinski definition) is 3. The van der Waals surface area contributed by atoms with Crippen LogP contribution in [0.5, 0.6) is 0 Å². The van der Waals surface area contributed by atoms with Gasteiger partial charge in [0, 0.05) is 12.3 Å². The van der Waals surface area contributed by atoms with Crippen LogP contribution in [0.15, 0.2) is 24.3 Å². The maximum absolute atomic E-state index is 13.0. The Labute approximate surface area is 136 Å². The first-order valence-electron chi connectivity index (χ1n) is 7.22. The van der Waals surface area contributed by atoms with Gasteiger partial charge < -0.3 is 15.7 Å². The number of rotatable bonds is 4. The first-order valence-corrected chi connectivity index (χ1v) is 8.37. The maximum Gasteiger partial charge on any atom is 0.416 e. The average Bonchev–Trinajstić information content (AvgIpc) is 2.92. The Morgan fingerprint density at radius 1 is 1.43 bits per heavy atom. The number of nitrogens with one attached hydrogen (secondary N) is 2. The summed E-state index contributed by atoms with van der Waals surface area (Å²) in [6.45, 7) is 1.57. The minimum Gasteiger partial charge on any atom is -0.387 e. The molecule has 0 aliphatic carbocycles. The first kappa shape index (κ1) is 17.9. The standard InChI is InChI=1S/C15H19F3N2O2S/c1-10(11-4-2-3-5-12(11)15(16,17)18)20-13(21)19-8-14(22)6-7-23-9-14/h2-5,10,22H,6-9H2,1H3,(H2,19,20,21)/t10-,14+/m1/s1. The zero-order valence-electron chi connectivity index (χ0n) is 12.6. The first-order chi connectivity index (χ1) is 10.7. The van der Waals surface area contributed by atoms with E-state index >= 15 is 0 Å². The third-order valence-corrected chi connectivity index (χ3v) is 4.98. The van der Waals surface area contributed by atoms with Crippen molar-refractivity contribution in [1.82, 2.24) is 10.6 Å². The van der Waals surface area contributed by atoms with Gasteiger partial charge >= 0.3 is 12.2 Å². The molecule has 3 N–H and O–H groups in total. The Morgan fingerprint density at radius 2 is 2.13 bits per heavy atom. The van der Waals surface area contributed by atoms with E-state index in [-0.39, 0.29) is 12.1 Å². The van der Waals surface area contributed by atoms with Crippen molar-refractivity contribution in [1.29, 1.82) is 0 Å². The van der Waals surface area contributed by atoms with Gasteiger partial charge in [0.1, 0.15) is 0 Å². The zero-order chi connectivity index (χ0) is 17.1. The molecule has 0 radical (unpaired) electrons. The maximum atomic E-state index is 13.0. The van der Waals surface area contributed by atoms with Crippen molar-refractivity contribution in [2.24, 2.45) is 0 Å². The molecule has 1 aromatic carbocycles. The molecule has 8 heteroatoms. The number of thioether (sulfide) groups is 1. The summed E-state index contributed by atoms with van der Waals surface area (Å²) in [7, 11) is 0. The summed E-state index contributed by atoms with van der Waals surface area (Å²) in [5.41, 5.74) is -1.70. The van der Waals surface area contributed by atoms with Gasteiger partial charge in [0.15, 0.2) is 0 Å². The number of aliphatic hydroxyl groups is 1. The SMILES string of the molecule is C[C@@H](NC(=O)NC[C@@]1(O)CCSC1)c1ccccc1C(F)(F)F. The molecular formula is C15H19F3N2O2S. The van der Waals surface area contributed by atoms with Gasteiger partial charge in [-0.25, -0.2) is 4.79 Å². The van der Waals surface area contributed by atoms with Gasteiger partial charge in [-0.05, 0) is 30.7 Å². The van der Waals surface area contributed by atoms with Crippen LogP contribution in [-0.4, -0.2) is 34.8 Å². The molecule has 23 heavy (non-hydrogen) atoms. The van der Waals surface area contributed by atoms with Crippen LogP contribution in [0.4, 0.5) is 18.0 Å². The second kappa shape index (κ2) is 7.00. The molecular weight excluding hydrogens is 329 g/mol. The Bertz CT molecular complexity index is 560. The van der Waals surface area contributed by atoms with Crippen molar-refractivity contribution in [3.05, 3.63) is 35.4 Å². The molecule has 1 aliphatic heterocycles. The Kier molecular flexibility index (Phi) is 5.46. The summed E-state index contributed by atoms with van der Waals surface area (Å²) in [6.07, 6.45) is -3.89. The second-order valence-electron chi connectivity index (χ2n) is 5.66. The minimum absolute atomic E-state index is 0.00489. The van der Waals surface area contributed by atoms with Crippen molar-refractivity contribution < 1.29 is 23.1 Å². The van der Waals surface area contributed by atoms with E-state index in [1.165, 1.54) is 25.1 Å². The number of amides is 2. The number of halogens is 3. The number of alkyl halides is 3. The van der Waals surface area contributed by atoms with Gasteiger partial charge in [-0.1, -0.05) is 18.2 Å². The lowest BCUT2D eigenvalue weighted by Crippen LogP contribution is -2.47. The smallest absolute Gasteiger partial charge is 0.387 e. The van der Waals surface area contributed by atoms with Gasteiger partial charge in [0.05, 0.1) is 17.2 Å². The van der Waals surface area contributed by atoms with Gasteiger partial charge in [0.2, 0.25) is 0 Å². The molecule has 1 saturated heterocycles. The minimum atomic E-state index is -4.47. The molecule has 1 heterocycles. The summed E-state index contributed by atoms with van der Waals surface area (Å²) in [5.74, 6) is 1.37. The van der Waals surface area contributed by atoms with Crippen LogP contribution in [0, 0.1) is 0 Å². The van der Waals surface area contributed by atoms with E-state index in [2.05, 4.69) is 10.6 Å². The highest BCUT2D eigenvalue weighted by atomic mass is 32.2. The third kappa shape index (κ3) is 4.78. The highest BCUT2D eigenvalue weighted by Crippen LogP contribution is 2.34. The monoisotopic (exact) mass is 348 g/mol. The van der Waals surface area contributed by atoms with E-state index in [9.17, 15) is 23.1 Å². The Hall–Kier alpha value is -1.41. The van der Waals surface area contributed by atoms with Gasteiger partial charge in [0.25, 0.3) is 0 Å². The van der Waals surface area contributed by atoms with Crippen LogP contribution in [0.2, 0.25) is 0 Å². The molecule has 2 rings (SSSR count). The van der Waals surface area contributed by atoms with Gasteiger partial charge in [-0.3, -0.25) is 0 Å². The molecule has 0 unspecified atom stereocenters. The van der Waals surface area contributed by atoms with Crippen molar-refractivity contribution in [3.63, 3.8) is 0 Å². The van der Waals surface area contributed by atoms with Crippen LogP contribution < -0.4 is 10.6 Å². The largest absolute Gasteiger partial charge is 0.416 e. The second-order valence-corrected chi connectivity index (χ2v) is 6.77. The van der Waals surface area contributed by atoms with Crippen molar-refractivity contribution >= 4 is 17.8 Å². The number of carbonyl (C=O) groups is 1. The molecule has 0 saturated carbocycles. The fourth-order valence-corrected chi connectivity index (χ4v) is 3.73. The van der Waals surface area contributed by atoms with Crippen molar-refractivity contribution in [2.75, 3.05) is 18.1 Å². The molecule has 2 atom stereocenters. The number of urea groups is 1. The van der Waals surface area contributed by atoms with Gasteiger partial charge in [-0.2, -0.15) is 24.9 Å². The zero-order valence-corrected chi connectivity index (χ0v) is 13.4. The topological polar surface area (TPSA) is 61.4 Å². The quantitative estimate of drug-likeness (QED) is 0.784. The molecule has 1 aliphatic rings. The molecule has 2 amide bonds. The summed E-state index contributed by atoms with van der Waals surface area (Å²) < 4.78 is 39.0. The lowest BCUT2D eigenvalue weighted by atomic mass is 10.0. The Morgan fingerprint density at radius 3 is 2.74 bits per heavy atom.